The molecule has 1 aliphatic rings. The summed E-state index contributed by atoms with van der Waals surface area (Å²) in [6.07, 6.45) is 0.667. The van der Waals surface area contributed by atoms with Crippen molar-refractivity contribution >= 4 is 10.9 Å². The van der Waals surface area contributed by atoms with Crippen LogP contribution in [0.4, 0.5) is 0 Å². The zero-order chi connectivity index (χ0) is 14.2. The van der Waals surface area contributed by atoms with Gasteiger partial charge in [-0.3, -0.25) is 4.79 Å². The second kappa shape index (κ2) is 4.79. The number of aromatic amines is 1. The van der Waals surface area contributed by atoms with E-state index in [1.54, 1.807) is 0 Å². The highest BCUT2D eigenvalue weighted by molar-refractivity contribution is 5.80. The van der Waals surface area contributed by atoms with Crippen LogP contribution in [-0.4, -0.2) is 21.6 Å². The maximum absolute atomic E-state index is 12.1. The van der Waals surface area contributed by atoms with Crippen LogP contribution in [0.3, 0.4) is 0 Å². The first-order valence-corrected chi connectivity index (χ1v) is 6.87. The molecule has 4 rings (SSSR count). The summed E-state index contributed by atoms with van der Waals surface area (Å²) >= 11 is 0. The first-order chi connectivity index (χ1) is 10.3. The fraction of sp³-hybridized carbons (Fsp3) is 0.188. The molecule has 0 aliphatic carbocycles. The highest BCUT2D eigenvalue weighted by Gasteiger charge is 2.17. The molecule has 1 aliphatic heterocycles. The van der Waals surface area contributed by atoms with Gasteiger partial charge in [-0.15, -0.1) is 0 Å². The van der Waals surface area contributed by atoms with Crippen LogP contribution in [0.1, 0.15) is 11.3 Å². The lowest BCUT2D eigenvalue weighted by atomic mass is 10.1. The first-order valence-electron chi connectivity index (χ1n) is 6.87. The van der Waals surface area contributed by atoms with Crippen molar-refractivity contribution < 1.29 is 4.74 Å². The normalized spacial score (nSPS) is 14.1. The minimum absolute atomic E-state index is 0.135. The van der Waals surface area contributed by atoms with E-state index in [-0.39, 0.29) is 5.56 Å². The predicted octanol–water partition coefficient (Wildman–Crippen LogP) is 2.06. The van der Waals surface area contributed by atoms with Gasteiger partial charge >= 0.3 is 0 Å². The Morgan fingerprint density at radius 3 is 2.95 bits per heavy atom. The Labute approximate surface area is 120 Å². The Kier molecular flexibility index (Phi) is 2.79. The van der Waals surface area contributed by atoms with Crippen LogP contribution < -0.4 is 5.56 Å². The number of rotatable bonds is 1. The van der Waals surface area contributed by atoms with Gasteiger partial charge in [0.15, 0.2) is 5.82 Å². The molecule has 5 heteroatoms. The van der Waals surface area contributed by atoms with Gasteiger partial charge in [-0.1, -0.05) is 24.3 Å². The molecular formula is C16H13N3O2. The Morgan fingerprint density at radius 1 is 1.10 bits per heavy atom. The molecule has 0 atom stereocenters. The smallest absolute Gasteiger partial charge is 0.256 e. The number of pyridine rings is 1. The fourth-order valence-corrected chi connectivity index (χ4v) is 2.56. The van der Waals surface area contributed by atoms with E-state index in [1.165, 1.54) is 0 Å². The third-order valence-electron chi connectivity index (χ3n) is 3.67. The summed E-state index contributed by atoms with van der Waals surface area (Å²) in [5.41, 5.74) is 2.88. The Balaban J connectivity index is 1.88. The zero-order valence-electron chi connectivity index (χ0n) is 11.3. The topological polar surface area (TPSA) is 67.9 Å². The molecule has 1 aromatic carbocycles. The van der Waals surface area contributed by atoms with Crippen LogP contribution >= 0.6 is 0 Å². The number of para-hydroxylation sites is 1. The van der Waals surface area contributed by atoms with E-state index in [1.807, 2.05) is 36.4 Å². The van der Waals surface area contributed by atoms with Crippen molar-refractivity contribution in [3.63, 3.8) is 0 Å². The van der Waals surface area contributed by atoms with Gasteiger partial charge in [-0.25, -0.2) is 9.97 Å². The Hall–Kier alpha value is -2.53. The van der Waals surface area contributed by atoms with Crippen molar-refractivity contribution in [1.29, 1.82) is 0 Å². The standard InChI is InChI=1S/C16H13N3O2/c20-16-11-9-21-8-7-13(11)18-15(19-16)14-6-5-10-3-1-2-4-12(10)17-14/h1-6H,7-9H2,(H,18,19,20). The number of hydrogen-bond acceptors (Lipinski definition) is 4. The molecule has 0 unspecified atom stereocenters. The molecule has 5 nitrogen and oxygen atoms in total. The molecule has 2 aromatic heterocycles. The van der Waals surface area contributed by atoms with E-state index < -0.39 is 0 Å². The maximum Gasteiger partial charge on any atom is 0.256 e. The summed E-state index contributed by atoms with van der Waals surface area (Å²) in [6, 6.07) is 11.7. The van der Waals surface area contributed by atoms with Gasteiger partial charge < -0.3 is 9.72 Å². The third-order valence-corrected chi connectivity index (χ3v) is 3.67. The summed E-state index contributed by atoms with van der Waals surface area (Å²) in [6.45, 7) is 0.942. The van der Waals surface area contributed by atoms with E-state index >= 15 is 0 Å². The molecule has 3 aromatic rings. The third kappa shape index (κ3) is 2.11. The van der Waals surface area contributed by atoms with Gasteiger partial charge in [0.05, 0.1) is 30.0 Å². The molecule has 104 valence electrons. The van der Waals surface area contributed by atoms with Crippen molar-refractivity contribution in [3.8, 4) is 11.5 Å². The summed E-state index contributed by atoms with van der Waals surface area (Å²) in [5.74, 6) is 0.520. The first kappa shape index (κ1) is 12.2. The van der Waals surface area contributed by atoms with Crippen molar-refractivity contribution in [1.82, 2.24) is 15.0 Å². The van der Waals surface area contributed by atoms with E-state index in [0.717, 1.165) is 16.6 Å². The van der Waals surface area contributed by atoms with Crippen molar-refractivity contribution in [3.05, 3.63) is 58.0 Å². The van der Waals surface area contributed by atoms with Gasteiger partial charge in [-0.2, -0.15) is 0 Å². The van der Waals surface area contributed by atoms with Gasteiger partial charge in [0.25, 0.3) is 5.56 Å². The number of hydrogen-bond donors (Lipinski definition) is 1. The second-order valence-corrected chi connectivity index (χ2v) is 5.03. The number of ether oxygens (including phenoxy) is 1. The highest BCUT2D eigenvalue weighted by Crippen LogP contribution is 2.19. The van der Waals surface area contributed by atoms with Crippen molar-refractivity contribution in [2.45, 2.75) is 13.0 Å². The Morgan fingerprint density at radius 2 is 2.00 bits per heavy atom. The highest BCUT2D eigenvalue weighted by atomic mass is 16.5. The number of nitrogens with zero attached hydrogens (tertiary/aromatic N) is 2. The van der Waals surface area contributed by atoms with Crippen LogP contribution in [0.25, 0.3) is 22.4 Å². The summed E-state index contributed by atoms with van der Waals surface area (Å²) < 4.78 is 5.30. The maximum atomic E-state index is 12.1. The lowest BCUT2D eigenvalue weighted by molar-refractivity contribution is 0.108. The number of nitrogens with one attached hydrogen (secondary N) is 1. The molecule has 0 saturated carbocycles. The van der Waals surface area contributed by atoms with Crippen LogP contribution in [0.5, 0.6) is 0 Å². The summed E-state index contributed by atoms with van der Waals surface area (Å²) in [7, 11) is 0. The minimum Gasteiger partial charge on any atom is -0.376 e. The average Bonchev–Trinajstić information content (AvgIpc) is 2.54. The van der Waals surface area contributed by atoms with Crippen molar-refractivity contribution in [2.75, 3.05) is 6.61 Å². The lowest BCUT2D eigenvalue weighted by Gasteiger charge is -2.15. The van der Waals surface area contributed by atoms with Crippen LogP contribution in [0.15, 0.2) is 41.2 Å². The minimum atomic E-state index is -0.135. The molecule has 0 fully saturated rings. The number of benzene rings is 1. The van der Waals surface area contributed by atoms with Crippen LogP contribution in [0.2, 0.25) is 0 Å². The second-order valence-electron chi connectivity index (χ2n) is 5.03. The predicted molar refractivity (Wildman–Crippen MR) is 79.0 cm³/mol. The summed E-state index contributed by atoms with van der Waals surface area (Å²) in [4.78, 5) is 24.1. The number of H-pyrrole nitrogens is 1. The SMILES string of the molecule is O=c1[nH]c(-c2ccc3ccccc3n2)nc2c1COCC2. The van der Waals surface area contributed by atoms with Gasteiger partial charge in [0.1, 0.15) is 5.69 Å². The lowest BCUT2D eigenvalue weighted by Crippen LogP contribution is -2.24. The van der Waals surface area contributed by atoms with E-state index in [0.29, 0.717) is 36.7 Å². The van der Waals surface area contributed by atoms with Crippen LogP contribution in [0, 0.1) is 0 Å². The zero-order valence-corrected chi connectivity index (χ0v) is 11.3. The largest absolute Gasteiger partial charge is 0.376 e. The molecule has 0 bridgehead atoms. The Bertz CT molecular complexity index is 886. The van der Waals surface area contributed by atoms with Gasteiger partial charge in [0.2, 0.25) is 0 Å². The molecule has 1 N–H and O–H groups in total. The molecule has 0 radical (unpaired) electrons. The molecule has 0 spiro atoms. The average molecular weight is 279 g/mol. The van der Waals surface area contributed by atoms with Crippen molar-refractivity contribution in [2.24, 2.45) is 0 Å². The number of fused-ring (bicyclic) bond motifs is 2. The quantitative estimate of drug-likeness (QED) is 0.740. The molecular weight excluding hydrogens is 266 g/mol. The molecule has 21 heavy (non-hydrogen) atoms. The molecule has 0 saturated heterocycles. The van der Waals surface area contributed by atoms with E-state index in [9.17, 15) is 4.79 Å². The van der Waals surface area contributed by atoms with Crippen LogP contribution in [-0.2, 0) is 17.8 Å². The number of aromatic nitrogens is 3. The van der Waals surface area contributed by atoms with E-state index in [4.69, 9.17) is 4.74 Å². The van der Waals surface area contributed by atoms with Gasteiger partial charge in [0, 0.05) is 11.8 Å². The molecule has 0 amide bonds. The monoisotopic (exact) mass is 279 g/mol. The summed E-state index contributed by atoms with van der Waals surface area (Å²) in [5, 5.41) is 1.06. The molecule has 3 heterocycles. The van der Waals surface area contributed by atoms with Gasteiger partial charge in [-0.05, 0) is 12.1 Å². The van der Waals surface area contributed by atoms with E-state index in [2.05, 4.69) is 15.0 Å². The fourth-order valence-electron chi connectivity index (χ4n) is 2.56.